The van der Waals surface area contributed by atoms with Crippen LogP contribution in [0.1, 0.15) is 48.4 Å². The molecule has 0 aliphatic heterocycles. The molecule has 2 N–H and O–H groups in total. The number of carbonyl (C=O) groups is 2. The summed E-state index contributed by atoms with van der Waals surface area (Å²) in [4.78, 5) is 28.5. The number of nitrogens with zero attached hydrogens (tertiary/aromatic N) is 1. The number of aliphatic carboxylic acids is 1. The molecule has 0 atom stereocenters. The van der Waals surface area contributed by atoms with Gasteiger partial charge in [-0.1, -0.05) is 37.5 Å². The zero-order valence-electron chi connectivity index (χ0n) is 14.2. The van der Waals surface area contributed by atoms with Crippen LogP contribution in [0.5, 0.6) is 0 Å². The molecule has 1 fully saturated rings. The molecule has 1 saturated carbocycles. The Labute approximate surface area is 146 Å². The summed E-state index contributed by atoms with van der Waals surface area (Å²) in [6, 6.07) is 9.34. The summed E-state index contributed by atoms with van der Waals surface area (Å²) < 4.78 is 5.60. The molecule has 6 heteroatoms. The first-order chi connectivity index (χ1) is 12.0. The lowest BCUT2D eigenvalue weighted by Crippen LogP contribution is -2.44. The van der Waals surface area contributed by atoms with Gasteiger partial charge in [-0.05, 0) is 31.9 Å². The smallest absolute Gasteiger partial charge is 0.311 e. The average Bonchev–Trinajstić information content (AvgIpc) is 3.03. The molecule has 0 spiro atoms. The van der Waals surface area contributed by atoms with Crippen LogP contribution >= 0.6 is 0 Å². The highest BCUT2D eigenvalue weighted by atomic mass is 16.4. The molecule has 1 aromatic carbocycles. The van der Waals surface area contributed by atoms with Crippen molar-refractivity contribution < 1.29 is 19.1 Å². The Morgan fingerprint density at radius 3 is 2.52 bits per heavy atom. The highest BCUT2D eigenvalue weighted by Gasteiger charge is 2.40. The largest absolute Gasteiger partial charge is 0.481 e. The van der Waals surface area contributed by atoms with E-state index in [1.807, 2.05) is 30.3 Å². The van der Waals surface area contributed by atoms with Gasteiger partial charge in [0.2, 0.25) is 5.89 Å². The minimum Gasteiger partial charge on any atom is -0.481 e. The van der Waals surface area contributed by atoms with E-state index in [1.54, 1.807) is 6.92 Å². The molecule has 6 nitrogen and oxygen atoms in total. The second-order valence-electron chi connectivity index (χ2n) is 6.62. The van der Waals surface area contributed by atoms with E-state index in [0.717, 1.165) is 24.8 Å². The van der Waals surface area contributed by atoms with Gasteiger partial charge in [0.25, 0.3) is 5.91 Å². The average molecular weight is 342 g/mol. The van der Waals surface area contributed by atoms with Gasteiger partial charge >= 0.3 is 5.97 Å². The van der Waals surface area contributed by atoms with Crippen LogP contribution in [-0.4, -0.2) is 28.5 Å². The number of carboxylic acids is 1. The molecular formula is C19H22N2O4. The van der Waals surface area contributed by atoms with Gasteiger partial charge in [0.1, 0.15) is 5.76 Å². The first kappa shape index (κ1) is 17.2. The Balaban J connectivity index is 1.73. The van der Waals surface area contributed by atoms with Crippen molar-refractivity contribution in [2.75, 3.05) is 6.54 Å². The molecule has 0 saturated heterocycles. The molecule has 1 aromatic heterocycles. The molecule has 25 heavy (non-hydrogen) atoms. The lowest BCUT2D eigenvalue weighted by Gasteiger charge is -2.33. The van der Waals surface area contributed by atoms with Crippen molar-refractivity contribution in [1.29, 1.82) is 0 Å². The molecule has 1 aliphatic rings. The van der Waals surface area contributed by atoms with Gasteiger partial charge in [-0.2, -0.15) is 0 Å². The lowest BCUT2D eigenvalue weighted by atomic mass is 9.74. The van der Waals surface area contributed by atoms with Crippen molar-refractivity contribution in [1.82, 2.24) is 10.3 Å². The zero-order chi connectivity index (χ0) is 17.9. The minimum absolute atomic E-state index is 0.119. The van der Waals surface area contributed by atoms with Crippen molar-refractivity contribution in [3.05, 3.63) is 41.8 Å². The third-order valence-electron chi connectivity index (χ3n) is 4.88. The Morgan fingerprint density at radius 1 is 1.20 bits per heavy atom. The van der Waals surface area contributed by atoms with Crippen LogP contribution in [0.4, 0.5) is 0 Å². The molecule has 1 heterocycles. The van der Waals surface area contributed by atoms with Gasteiger partial charge < -0.3 is 14.8 Å². The molecular weight excluding hydrogens is 320 g/mol. The number of carbonyl (C=O) groups excluding carboxylic acids is 1. The van der Waals surface area contributed by atoms with Gasteiger partial charge in [0.15, 0.2) is 5.69 Å². The fourth-order valence-corrected chi connectivity index (χ4v) is 3.34. The number of carboxylic acid groups (broad SMARTS) is 1. The molecule has 1 amide bonds. The Kier molecular flexibility index (Phi) is 4.88. The molecule has 0 radical (unpaired) electrons. The van der Waals surface area contributed by atoms with Gasteiger partial charge in [-0.3, -0.25) is 9.59 Å². The van der Waals surface area contributed by atoms with Crippen molar-refractivity contribution >= 4 is 11.9 Å². The van der Waals surface area contributed by atoms with Crippen molar-refractivity contribution in [3.8, 4) is 11.5 Å². The number of hydrogen-bond donors (Lipinski definition) is 2. The van der Waals surface area contributed by atoms with Crippen LogP contribution in [0.15, 0.2) is 34.7 Å². The summed E-state index contributed by atoms with van der Waals surface area (Å²) in [6.45, 7) is 1.80. The monoisotopic (exact) mass is 342 g/mol. The number of aromatic nitrogens is 1. The van der Waals surface area contributed by atoms with Crippen molar-refractivity contribution in [3.63, 3.8) is 0 Å². The van der Waals surface area contributed by atoms with Gasteiger partial charge in [-0.15, -0.1) is 0 Å². The van der Waals surface area contributed by atoms with Crippen molar-refractivity contribution in [2.24, 2.45) is 5.41 Å². The third-order valence-corrected chi connectivity index (χ3v) is 4.88. The fraction of sp³-hybridized carbons (Fsp3) is 0.421. The zero-order valence-corrected chi connectivity index (χ0v) is 14.2. The van der Waals surface area contributed by atoms with Crippen LogP contribution in [0.2, 0.25) is 0 Å². The number of benzene rings is 1. The second kappa shape index (κ2) is 7.09. The van der Waals surface area contributed by atoms with Gasteiger partial charge in [-0.25, -0.2) is 4.98 Å². The summed E-state index contributed by atoms with van der Waals surface area (Å²) in [6.07, 6.45) is 3.99. The highest BCUT2D eigenvalue weighted by Crippen LogP contribution is 2.36. The number of rotatable bonds is 5. The van der Waals surface area contributed by atoms with Crippen LogP contribution in [0.25, 0.3) is 11.5 Å². The third kappa shape index (κ3) is 3.57. The SMILES string of the molecule is Cc1oc(-c2ccccc2)nc1C(=O)NCC1(C(=O)O)CCCCC1. The highest BCUT2D eigenvalue weighted by molar-refractivity contribution is 5.94. The predicted octanol–water partition coefficient (Wildman–Crippen LogP) is 3.41. The van der Waals surface area contributed by atoms with E-state index in [-0.39, 0.29) is 12.2 Å². The normalized spacial score (nSPS) is 16.4. The molecule has 0 unspecified atom stereocenters. The quantitative estimate of drug-likeness (QED) is 0.868. The summed E-state index contributed by atoms with van der Waals surface area (Å²) in [5.41, 5.74) is 0.127. The van der Waals surface area contributed by atoms with E-state index in [9.17, 15) is 14.7 Å². The molecule has 0 bridgehead atoms. The Bertz CT molecular complexity index is 761. The molecule has 3 rings (SSSR count). The second-order valence-corrected chi connectivity index (χ2v) is 6.62. The maximum Gasteiger partial charge on any atom is 0.311 e. The maximum atomic E-state index is 12.5. The first-order valence-electron chi connectivity index (χ1n) is 8.56. The van der Waals surface area contributed by atoms with Crippen LogP contribution < -0.4 is 5.32 Å². The maximum absolute atomic E-state index is 12.5. The molecule has 2 aromatic rings. The van der Waals surface area contributed by atoms with E-state index < -0.39 is 17.3 Å². The minimum atomic E-state index is -0.867. The van der Waals surface area contributed by atoms with Crippen LogP contribution in [0, 0.1) is 12.3 Å². The van der Waals surface area contributed by atoms with E-state index >= 15 is 0 Å². The summed E-state index contributed by atoms with van der Waals surface area (Å²) in [5.74, 6) is -0.429. The summed E-state index contributed by atoms with van der Waals surface area (Å²) in [5, 5.41) is 12.3. The number of amides is 1. The number of oxazole rings is 1. The molecule has 1 aliphatic carbocycles. The van der Waals surface area contributed by atoms with E-state index in [4.69, 9.17) is 4.42 Å². The summed E-state index contributed by atoms with van der Waals surface area (Å²) >= 11 is 0. The first-order valence-corrected chi connectivity index (χ1v) is 8.56. The Hall–Kier alpha value is -2.63. The number of hydrogen-bond acceptors (Lipinski definition) is 4. The summed E-state index contributed by atoms with van der Waals surface area (Å²) in [7, 11) is 0. The van der Waals surface area contributed by atoms with Crippen LogP contribution in [0.3, 0.4) is 0 Å². The molecule has 132 valence electrons. The fourth-order valence-electron chi connectivity index (χ4n) is 3.34. The van der Waals surface area contributed by atoms with Gasteiger partial charge in [0.05, 0.1) is 5.41 Å². The van der Waals surface area contributed by atoms with Crippen molar-refractivity contribution in [2.45, 2.75) is 39.0 Å². The van der Waals surface area contributed by atoms with E-state index in [2.05, 4.69) is 10.3 Å². The Morgan fingerprint density at radius 2 is 1.88 bits per heavy atom. The standard InChI is InChI=1S/C19H22N2O4/c1-13-15(21-17(25-13)14-8-4-2-5-9-14)16(22)20-12-19(18(23)24)10-6-3-7-11-19/h2,4-5,8-9H,3,6-7,10-12H2,1H3,(H,20,22)(H,23,24). The number of aryl methyl sites for hydroxylation is 1. The van der Waals surface area contributed by atoms with E-state index in [0.29, 0.717) is 24.5 Å². The van der Waals surface area contributed by atoms with Crippen LogP contribution in [-0.2, 0) is 4.79 Å². The lowest BCUT2D eigenvalue weighted by molar-refractivity contribution is -0.150. The predicted molar refractivity (Wildman–Crippen MR) is 92.2 cm³/mol. The number of nitrogens with one attached hydrogen (secondary N) is 1. The van der Waals surface area contributed by atoms with E-state index in [1.165, 1.54) is 0 Å². The topological polar surface area (TPSA) is 92.4 Å². The van der Waals surface area contributed by atoms with Gasteiger partial charge in [0, 0.05) is 12.1 Å².